The summed E-state index contributed by atoms with van der Waals surface area (Å²) in [5.74, 6) is 0.543. The molecule has 0 N–H and O–H groups in total. The molecule has 0 atom stereocenters. The van der Waals surface area contributed by atoms with Crippen LogP contribution in [0, 0.1) is 6.92 Å². The van der Waals surface area contributed by atoms with Crippen molar-refractivity contribution in [2.75, 3.05) is 31.9 Å². The Morgan fingerprint density at radius 3 is 2.33 bits per heavy atom. The molecule has 0 bridgehead atoms. The van der Waals surface area contributed by atoms with Gasteiger partial charge in [-0.2, -0.15) is 0 Å². The van der Waals surface area contributed by atoms with Crippen LogP contribution in [-0.2, 0) is 23.1 Å². The smallest absolute Gasteiger partial charge is 0.233 e. The fraction of sp³-hybridized carbons (Fsp3) is 0.474. The van der Waals surface area contributed by atoms with Crippen LogP contribution in [0.25, 0.3) is 0 Å². The van der Waals surface area contributed by atoms with Gasteiger partial charge in [0.25, 0.3) is 0 Å². The number of aromatic nitrogens is 3. The van der Waals surface area contributed by atoms with Crippen molar-refractivity contribution in [2.24, 2.45) is 7.05 Å². The summed E-state index contributed by atoms with van der Waals surface area (Å²) in [6, 6.07) is 8.07. The molecule has 1 aliphatic heterocycles. The maximum absolute atomic E-state index is 12.6. The van der Waals surface area contributed by atoms with Crippen LogP contribution in [0.3, 0.4) is 0 Å². The second-order valence-corrected chi connectivity index (χ2v) is 7.73. The maximum atomic E-state index is 12.6. The highest BCUT2D eigenvalue weighted by molar-refractivity contribution is 7.99. The SMILES string of the molecule is Cc1ccc(CC(=O)N2CCCN(C(=O)CSc3nncn3C)CC2)cc1. The largest absolute Gasteiger partial charge is 0.341 e. The van der Waals surface area contributed by atoms with Crippen LogP contribution < -0.4 is 0 Å². The highest BCUT2D eigenvalue weighted by Crippen LogP contribution is 2.15. The van der Waals surface area contributed by atoms with Crippen LogP contribution in [-0.4, -0.2) is 68.3 Å². The molecule has 7 nitrogen and oxygen atoms in total. The first-order valence-corrected chi connectivity index (χ1v) is 10.1. The summed E-state index contributed by atoms with van der Waals surface area (Å²) in [7, 11) is 1.86. The van der Waals surface area contributed by atoms with Crippen molar-refractivity contribution < 1.29 is 9.59 Å². The lowest BCUT2D eigenvalue weighted by atomic mass is 10.1. The maximum Gasteiger partial charge on any atom is 0.233 e. The monoisotopic (exact) mass is 387 g/mol. The molecule has 8 heteroatoms. The summed E-state index contributed by atoms with van der Waals surface area (Å²) in [5.41, 5.74) is 2.22. The number of carbonyl (C=O) groups excluding carboxylic acids is 2. The van der Waals surface area contributed by atoms with Crippen molar-refractivity contribution in [3.05, 3.63) is 41.7 Å². The van der Waals surface area contributed by atoms with Gasteiger partial charge >= 0.3 is 0 Å². The summed E-state index contributed by atoms with van der Waals surface area (Å²) in [5, 5.41) is 8.53. The number of aryl methyl sites for hydroxylation is 2. The minimum atomic E-state index is 0.0795. The molecule has 0 spiro atoms. The second kappa shape index (κ2) is 9.03. The van der Waals surface area contributed by atoms with Gasteiger partial charge in [-0.05, 0) is 18.9 Å². The van der Waals surface area contributed by atoms with E-state index >= 15 is 0 Å². The van der Waals surface area contributed by atoms with Crippen LogP contribution in [0.5, 0.6) is 0 Å². The molecule has 1 fully saturated rings. The van der Waals surface area contributed by atoms with Gasteiger partial charge in [0.15, 0.2) is 5.16 Å². The fourth-order valence-electron chi connectivity index (χ4n) is 3.03. The topological polar surface area (TPSA) is 71.3 Å². The molecule has 1 saturated heterocycles. The molecule has 0 saturated carbocycles. The molecule has 27 heavy (non-hydrogen) atoms. The van der Waals surface area contributed by atoms with E-state index in [-0.39, 0.29) is 11.8 Å². The number of thioether (sulfide) groups is 1. The van der Waals surface area contributed by atoms with Crippen LogP contribution in [0.4, 0.5) is 0 Å². The third-order valence-corrected chi connectivity index (χ3v) is 5.69. The van der Waals surface area contributed by atoms with Crippen molar-refractivity contribution in [3.63, 3.8) is 0 Å². The van der Waals surface area contributed by atoms with E-state index in [0.29, 0.717) is 38.4 Å². The summed E-state index contributed by atoms with van der Waals surface area (Å²) >= 11 is 1.39. The average Bonchev–Trinajstić information content (AvgIpc) is 2.92. The molecule has 2 aromatic rings. The summed E-state index contributed by atoms with van der Waals surface area (Å²) < 4.78 is 1.80. The summed E-state index contributed by atoms with van der Waals surface area (Å²) in [6.07, 6.45) is 2.84. The van der Waals surface area contributed by atoms with Gasteiger partial charge in [0, 0.05) is 33.2 Å². The van der Waals surface area contributed by atoms with Gasteiger partial charge in [-0.25, -0.2) is 0 Å². The van der Waals surface area contributed by atoms with Crippen LogP contribution in [0.2, 0.25) is 0 Å². The lowest BCUT2D eigenvalue weighted by Gasteiger charge is -2.22. The Hall–Kier alpha value is -2.35. The molecule has 1 aromatic heterocycles. The number of carbonyl (C=O) groups is 2. The molecule has 1 aromatic carbocycles. The highest BCUT2D eigenvalue weighted by Gasteiger charge is 2.22. The molecule has 144 valence electrons. The van der Waals surface area contributed by atoms with E-state index in [0.717, 1.165) is 17.1 Å². The third kappa shape index (κ3) is 5.32. The first kappa shape index (κ1) is 19.4. The first-order valence-electron chi connectivity index (χ1n) is 9.11. The van der Waals surface area contributed by atoms with Gasteiger partial charge in [0.05, 0.1) is 12.2 Å². The van der Waals surface area contributed by atoms with Crippen LogP contribution >= 0.6 is 11.8 Å². The van der Waals surface area contributed by atoms with E-state index in [2.05, 4.69) is 10.2 Å². The number of hydrogen-bond acceptors (Lipinski definition) is 5. The Bertz CT molecular complexity index is 790. The molecule has 1 aliphatic rings. The molecular weight excluding hydrogens is 362 g/mol. The Labute approximate surface area is 163 Å². The Kier molecular flexibility index (Phi) is 6.49. The average molecular weight is 388 g/mol. The van der Waals surface area contributed by atoms with E-state index in [1.807, 2.05) is 48.0 Å². The van der Waals surface area contributed by atoms with E-state index in [4.69, 9.17) is 0 Å². The van der Waals surface area contributed by atoms with Gasteiger partial charge < -0.3 is 14.4 Å². The molecule has 2 amide bonds. The van der Waals surface area contributed by atoms with Crippen LogP contribution in [0.1, 0.15) is 17.5 Å². The molecule has 2 heterocycles. The Balaban J connectivity index is 1.49. The van der Waals surface area contributed by atoms with Crippen LogP contribution in [0.15, 0.2) is 35.7 Å². The van der Waals surface area contributed by atoms with Gasteiger partial charge in [-0.1, -0.05) is 41.6 Å². The fourth-order valence-corrected chi connectivity index (χ4v) is 3.82. The summed E-state index contributed by atoms with van der Waals surface area (Å²) in [4.78, 5) is 28.8. The number of nitrogens with zero attached hydrogens (tertiary/aromatic N) is 5. The van der Waals surface area contributed by atoms with Crippen molar-refractivity contribution in [2.45, 2.75) is 24.9 Å². The van der Waals surface area contributed by atoms with Gasteiger partial charge in [-0.15, -0.1) is 10.2 Å². The Morgan fingerprint density at radius 1 is 1.04 bits per heavy atom. The van der Waals surface area contributed by atoms with Gasteiger partial charge in [0.1, 0.15) is 6.33 Å². The minimum Gasteiger partial charge on any atom is -0.341 e. The van der Waals surface area contributed by atoms with Crippen molar-refractivity contribution in [3.8, 4) is 0 Å². The van der Waals surface area contributed by atoms with E-state index in [1.54, 1.807) is 10.9 Å². The molecular formula is C19H25N5O2S. The Morgan fingerprint density at radius 2 is 1.70 bits per heavy atom. The number of amides is 2. The molecule has 3 rings (SSSR count). The predicted molar refractivity (Wildman–Crippen MR) is 104 cm³/mol. The van der Waals surface area contributed by atoms with E-state index in [9.17, 15) is 9.59 Å². The summed E-state index contributed by atoms with van der Waals surface area (Å²) in [6.45, 7) is 4.59. The number of hydrogen-bond donors (Lipinski definition) is 0. The minimum absolute atomic E-state index is 0.0795. The number of benzene rings is 1. The van der Waals surface area contributed by atoms with Gasteiger partial charge in [-0.3, -0.25) is 9.59 Å². The zero-order valence-corrected chi connectivity index (χ0v) is 16.6. The molecule has 0 aliphatic carbocycles. The number of rotatable bonds is 5. The first-order chi connectivity index (χ1) is 13.0. The van der Waals surface area contributed by atoms with Crippen molar-refractivity contribution in [1.29, 1.82) is 0 Å². The zero-order chi connectivity index (χ0) is 19.2. The van der Waals surface area contributed by atoms with E-state index in [1.165, 1.54) is 17.3 Å². The van der Waals surface area contributed by atoms with Gasteiger partial charge in [0.2, 0.25) is 11.8 Å². The predicted octanol–water partition coefficient (Wildman–Crippen LogP) is 1.52. The van der Waals surface area contributed by atoms with Crippen molar-refractivity contribution in [1.82, 2.24) is 24.6 Å². The lowest BCUT2D eigenvalue weighted by molar-refractivity contribution is -0.132. The second-order valence-electron chi connectivity index (χ2n) is 6.79. The lowest BCUT2D eigenvalue weighted by Crippen LogP contribution is -2.38. The quantitative estimate of drug-likeness (QED) is 0.728. The zero-order valence-electron chi connectivity index (χ0n) is 15.8. The highest BCUT2D eigenvalue weighted by atomic mass is 32.2. The third-order valence-electron chi connectivity index (χ3n) is 4.67. The normalized spacial score (nSPS) is 14.9. The van der Waals surface area contributed by atoms with E-state index < -0.39 is 0 Å². The van der Waals surface area contributed by atoms with Crippen molar-refractivity contribution >= 4 is 23.6 Å². The molecule has 0 unspecified atom stereocenters. The standard InChI is InChI=1S/C19H25N5O2S/c1-15-4-6-16(7-5-15)12-17(25)23-8-3-9-24(11-10-23)18(26)13-27-19-21-20-14-22(19)2/h4-7,14H,3,8-13H2,1-2H3. The molecule has 0 radical (unpaired) electrons.